The molecular weight excluding hydrogens is 689 g/mol. The van der Waals surface area contributed by atoms with Crippen LogP contribution in [0.25, 0.3) is 33.4 Å². The molecule has 1 amide bonds. The first kappa shape index (κ1) is 38.7. The fourth-order valence-corrected chi connectivity index (χ4v) is 9.09. The van der Waals surface area contributed by atoms with E-state index >= 15 is 0 Å². The summed E-state index contributed by atoms with van der Waals surface area (Å²) < 4.78 is 11.0. The number of carbonyl (C=O) groups excluding carboxylic acids is 1. The van der Waals surface area contributed by atoms with Crippen LogP contribution in [0, 0.1) is 0 Å². The first-order valence-electron chi connectivity index (χ1n) is 20.2. The molecule has 0 radical (unpaired) electrons. The molecule has 0 bridgehead atoms. The lowest BCUT2D eigenvalue weighted by molar-refractivity contribution is -0.249. The van der Waals surface area contributed by atoms with Gasteiger partial charge in [0.2, 0.25) is 5.36 Å². The molecule has 292 valence electrons. The average molecular weight is 748 g/mol. The normalized spacial score (nSPS) is 17.9. The molecule has 7 rings (SSSR count). The van der Waals surface area contributed by atoms with Gasteiger partial charge < -0.3 is 19.4 Å². The zero-order valence-corrected chi connectivity index (χ0v) is 34.0. The first-order valence-corrected chi connectivity index (χ1v) is 20.2. The maximum absolute atomic E-state index is 14.5. The van der Waals surface area contributed by atoms with Gasteiger partial charge in [-0.3, -0.25) is 9.69 Å². The molecule has 2 saturated heterocycles. The number of hydroxylamine groups is 2. The van der Waals surface area contributed by atoms with Gasteiger partial charge in [0.15, 0.2) is 0 Å². The second-order valence-electron chi connectivity index (χ2n) is 16.5. The Morgan fingerprint density at radius 3 is 2.25 bits per heavy atom. The van der Waals surface area contributed by atoms with Gasteiger partial charge >= 0.3 is 0 Å². The highest BCUT2D eigenvalue weighted by Gasteiger charge is 2.46. The van der Waals surface area contributed by atoms with Crippen molar-refractivity contribution < 1.29 is 14.4 Å². The third kappa shape index (κ3) is 7.54. The number of hydrogen-bond acceptors (Lipinski definition) is 8. The van der Waals surface area contributed by atoms with E-state index in [0.717, 1.165) is 102 Å². The van der Waals surface area contributed by atoms with Crippen molar-refractivity contribution in [1.82, 2.24) is 34.4 Å². The van der Waals surface area contributed by atoms with Gasteiger partial charge in [0.1, 0.15) is 24.4 Å². The highest BCUT2D eigenvalue weighted by Crippen LogP contribution is 2.43. The third-order valence-corrected chi connectivity index (χ3v) is 12.0. The van der Waals surface area contributed by atoms with Crippen molar-refractivity contribution >= 4 is 22.6 Å². The maximum atomic E-state index is 14.5. The summed E-state index contributed by atoms with van der Waals surface area (Å²) in [5.74, 6) is 0.853. The van der Waals surface area contributed by atoms with Crippen LogP contribution in [0.15, 0.2) is 71.3 Å². The van der Waals surface area contributed by atoms with Gasteiger partial charge in [0.05, 0.1) is 24.0 Å². The lowest BCUT2D eigenvalue weighted by Gasteiger charge is -2.51. The van der Waals surface area contributed by atoms with Crippen LogP contribution in [0.3, 0.4) is 0 Å². The Balaban J connectivity index is 1.15. The summed E-state index contributed by atoms with van der Waals surface area (Å²) in [6, 6.07) is 21.2. The summed E-state index contributed by atoms with van der Waals surface area (Å²) in [6.45, 7) is 24.0. The SMILES string of the molecule is CCN(CC)c1ccc2c(-c3ccccc3C(=O)N3CCN(Cc4cn(C5CC(C)(C)N(O)C(C)(C)C5)nn4)CC3)c3ccc(=[N+](CC)CC)cc-3oc2c1. The van der Waals surface area contributed by atoms with Crippen LogP contribution in [0.4, 0.5) is 5.69 Å². The summed E-state index contributed by atoms with van der Waals surface area (Å²) in [6.07, 6.45) is 3.64. The zero-order chi connectivity index (χ0) is 39.1. The van der Waals surface area contributed by atoms with E-state index in [9.17, 15) is 10.0 Å². The molecule has 0 spiro atoms. The van der Waals surface area contributed by atoms with E-state index in [-0.39, 0.29) is 23.0 Å². The van der Waals surface area contributed by atoms with Crippen LogP contribution in [-0.4, -0.2) is 104 Å². The topological polar surface area (TPSA) is 97.1 Å². The smallest absolute Gasteiger partial charge is 0.254 e. The minimum atomic E-state index is -0.362. The van der Waals surface area contributed by atoms with Crippen LogP contribution in [0.2, 0.25) is 0 Å². The molecule has 1 aliphatic carbocycles. The number of aromatic nitrogens is 3. The lowest BCUT2D eigenvalue weighted by Crippen LogP contribution is -2.59. The van der Waals surface area contributed by atoms with Gasteiger partial charge in [0, 0.05) is 96.8 Å². The van der Waals surface area contributed by atoms with Crippen molar-refractivity contribution in [1.29, 1.82) is 0 Å². The summed E-state index contributed by atoms with van der Waals surface area (Å²) in [5, 5.41) is 23.5. The van der Waals surface area contributed by atoms with Crippen molar-refractivity contribution in [2.24, 2.45) is 0 Å². The number of rotatable bonds is 10. The molecule has 4 heterocycles. The van der Waals surface area contributed by atoms with Gasteiger partial charge in [-0.15, -0.1) is 5.10 Å². The van der Waals surface area contributed by atoms with E-state index in [1.807, 2.05) is 27.8 Å². The lowest BCUT2D eigenvalue weighted by atomic mass is 9.79. The molecule has 2 aromatic carbocycles. The fourth-order valence-electron chi connectivity index (χ4n) is 9.09. The van der Waals surface area contributed by atoms with Crippen LogP contribution >= 0.6 is 0 Å². The number of amides is 1. The quantitative estimate of drug-likeness (QED) is 0.121. The van der Waals surface area contributed by atoms with Gasteiger partial charge in [-0.1, -0.05) is 23.4 Å². The Morgan fingerprint density at radius 1 is 0.891 bits per heavy atom. The number of piperazine rings is 1. The number of carbonyl (C=O) groups is 1. The zero-order valence-electron chi connectivity index (χ0n) is 34.0. The maximum Gasteiger partial charge on any atom is 0.254 e. The van der Waals surface area contributed by atoms with Crippen molar-refractivity contribution in [3.05, 3.63) is 83.5 Å². The number of anilines is 1. The van der Waals surface area contributed by atoms with Crippen molar-refractivity contribution in [2.75, 3.05) is 57.3 Å². The summed E-state index contributed by atoms with van der Waals surface area (Å²) in [5.41, 5.74) is 5.77. The molecule has 11 nitrogen and oxygen atoms in total. The molecule has 1 aromatic heterocycles. The van der Waals surface area contributed by atoms with E-state index in [0.29, 0.717) is 25.2 Å². The number of nitrogens with zero attached hydrogens (tertiary/aromatic N) is 8. The minimum absolute atomic E-state index is 0.0447. The van der Waals surface area contributed by atoms with Gasteiger partial charge in [-0.25, -0.2) is 9.26 Å². The van der Waals surface area contributed by atoms with E-state index < -0.39 is 0 Å². The Bertz CT molecular complexity index is 2170. The van der Waals surface area contributed by atoms with E-state index in [1.54, 1.807) is 0 Å². The molecule has 1 N–H and O–H groups in total. The minimum Gasteiger partial charge on any atom is -0.456 e. The van der Waals surface area contributed by atoms with Gasteiger partial charge in [-0.2, -0.15) is 5.06 Å². The van der Waals surface area contributed by atoms with Crippen LogP contribution < -0.4 is 14.8 Å². The molecular formula is C44H59N8O3+. The summed E-state index contributed by atoms with van der Waals surface area (Å²) in [7, 11) is 0. The number of piperidine rings is 1. The van der Waals surface area contributed by atoms with E-state index in [4.69, 9.17) is 4.42 Å². The molecule has 2 fully saturated rings. The first-order chi connectivity index (χ1) is 26.4. The highest BCUT2D eigenvalue weighted by molar-refractivity contribution is 6.09. The molecule has 0 saturated carbocycles. The largest absolute Gasteiger partial charge is 0.456 e. The highest BCUT2D eigenvalue weighted by atomic mass is 16.5. The molecule has 4 aliphatic rings. The Kier molecular flexibility index (Phi) is 10.9. The van der Waals surface area contributed by atoms with E-state index in [1.165, 1.54) is 5.06 Å². The molecule has 55 heavy (non-hydrogen) atoms. The number of hydrogen-bond donors (Lipinski definition) is 1. The van der Waals surface area contributed by atoms with Crippen LogP contribution in [0.5, 0.6) is 0 Å². The van der Waals surface area contributed by atoms with Crippen LogP contribution in [-0.2, 0) is 6.54 Å². The molecule has 11 heteroatoms. The predicted octanol–water partition coefficient (Wildman–Crippen LogP) is 7.00. The van der Waals surface area contributed by atoms with Crippen LogP contribution in [0.1, 0.15) is 90.3 Å². The fraction of sp³-hybridized carbons (Fsp3) is 0.500. The summed E-state index contributed by atoms with van der Waals surface area (Å²) in [4.78, 5) is 21.2. The standard InChI is InChI=1S/C44H59N8O3/c1-9-48(10-2)32-17-19-37-39(25-32)55-40-26-33(49(11-3)12-4)18-20-38(40)41(37)35-15-13-14-16-36(35)42(53)50-23-21-47(22-24-50)29-31-30-51(46-45-31)34-27-43(5,6)52(54)44(7,8)28-34/h13-20,25-26,30,34,54H,9-12,21-24,27-29H2,1-8H3/q+1. The van der Waals surface area contributed by atoms with Crippen molar-refractivity contribution in [3.63, 3.8) is 0 Å². The number of fused-ring (bicyclic) bond motifs is 2. The Hall–Kier alpha value is -4.58. The second-order valence-corrected chi connectivity index (χ2v) is 16.5. The molecule has 3 aromatic rings. The van der Waals surface area contributed by atoms with E-state index in [2.05, 4.69) is 129 Å². The Labute approximate surface area is 325 Å². The second kappa shape index (κ2) is 15.5. The van der Waals surface area contributed by atoms with Crippen molar-refractivity contribution in [2.45, 2.75) is 91.9 Å². The molecule has 0 atom stereocenters. The summed E-state index contributed by atoms with van der Waals surface area (Å²) >= 11 is 0. The van der Waals surface area contributed by atoms with Gasteiger partial charge in [-0.05, 0) is 98.1 Å². The third-order valence-electron chi connectivity index (χ3n) is 12.0. The van der Waals surface area contributed by atoms with Crippen molar-refractivity contribution in [3.8, 4) is 22.5 Å². The molecule has 0 unspecified atom stereocenters. The number of benzene rings is 3. The Morgan fingerprint density at radius 2 is 1.58 bits per heavy atom. The van der Waals surface area contributed by atoms with Gasteiger partial charge in [0.25, 0.3) is 5.91 Å². The average Bonchev–Trinajstić information content (AvgIpc) is 3.65. The monoisotopic (exact) mass is 747 g/mol. The molecule has 3 aliphatic heterocycles. The predicted molar refractivity (Wildman–Crippen MR) is 219 cm³/mol.